The summed E-state index contributed by atoms with van der Waals surface area (Å²) in [6, 6.07) is -0.0186. The summed E-state index contributed by atoms with van der Waals surface area (Å²) in [6.45, 7) is 6.42. The molecule has 0 radical (unpaired) electrons. The van der Waals surface area contributed by atoms with E-state index in [0.717, 1.165) is 37.1 Å². The number of thiol groups is 1. The van der Waals surface area contributed by atoms with Crippen LogP contribution in [0.15, 0.2) is 23.1 Å². The molecule has 0 aromatic rings. The minimum absolute atomic E-state index is 0.0492. The number of rotatable bonds is 2. The molecule has 2 rings (SSSR count). The molecule has 2 aliphatic rings. The summed E-state index contributed by atoms with van der Waals surface area (Å²) < 4.78 is 5.55. The van der Waals surface area contributed by atoms with Crippen LogP contribution in [0.3, 0.4) is 0 Å². The summed E-state index contributed by atoms with van der Waals surface area (Å²) in [4.78, 5) is 15.3. The highest BCUT2D eigenvalue weighted by molar-refractivity contribution is 7.84. The van der Waals surface area contributed by atoms with Gasteiger partial charge in [0.15, 0.2) is 0 Å². The average Bonchev–Trinajstić information content (AvgIpc) is 2.45. The third-order valence-corrected chi connectivity index (χ3v) is 4.56. The van der Waals surface area contributed by atoms with E-state index in [-0.39, 0.29) is 24.1 Å². The molecule has 124 valence electrons. The number of carbonyl (C=O) groups excluding carboxylic acids is 1. The fraction of sp³-hybridized carbons (Fsp3) is 0.706. The minimum atomic E-state index is -0.475. The van der Waals surface area contributed by atoms with Crippen LogP contribution >= 0.6 is 12.6 Å². The van der Waals surface area contributed by atoms with Crippen LogP contribution in [0.2, 0.25) is 0 Å². The van der Waals surface area contributed by atoms with E-state index in [9.17, 15) is 4.79 Å². The van der Waals surface area contributed by atoms with Crippen LogP contribution in [0.1, 0.15) is 46.5 Å². The lowest BCUT2D eigenvalue weighted by Crippen LogP contribution is -2.56. The smallest absolute Gasteiger partial charge is 0.410 e. The van der Waals surface area contributed by atoms with Gasteiger partial charge in [-0.3, -0.25) is 0 Å². The van der Waals surface area contributed by atoms with E-state index in [2.05, 4.69) is 24.8 Å². The molecule has 0 aromatic heterocycles. The van der Waals surface area contributed by atoms with Crippen molar-refractivity contribution in [2.75, 3.05) is 6.54 Å². The van der Waals surface area contributed by atoms with Crippen LogP contribution in [-0.2, 0) is 4.74 Å². The highest BCUT2D eigenvalue weighted by Gasteiger charge is 2.36. The Morgan fingerprint density at radius 2 is 2.18 bits per heavy atom. The lowest BCUT2D eigenvalue weighted by molar-refractivity contribution is 0.00475. The molecular weight excluding hydrogens is 296 g/mol. The van der Waals surface area contributed by atoms with Crippen molar-refractivity contribution in [1.29, 1.82) is 0 Å². The summed E-state index contributed by atoms with van der Waals surface area (Å²) in [6.07, 6.45) is 9.93. The van der Waals surface area contributed by atoms with Crippen LogP contribution in [0.25, 0.3) is 0 Å². The molecule has 4 nitrogen and oxygen atoms in total. The van der Waals surface area contributed by atoms with Crippen molar-refractivity contribution in [3.05, 3.63) is 23.1 Å². The molecule has 0 bridgehead atoms. The zero-order valence-electron chi connectivity index (χ0n) is 13.8. The first-order valence-electron chi connectivity index (χ1n) is 8.10. The van der Waals surface area contributed by atoms with Gasteiger partial charge in [0.2, 0.25) is 0 Å². The number of nitrogens with two attached hydrogens (primary N) is 1. The van der Waals surface area contributed by atoms with Gasteiger partial charge in [-0.2, -0.15) is 0 Å². The van der Waals surface area contributed by atoms with Gasteiger partial charge >= 0.3 is 6.09 Å². The summed E-state index contributed by atoms with van der Waals surface area (Å²) in [7, 11) is 0. The largest absolute Gasteiger partial charge is 0.444 e. The minimum Gasteiger partial charge on any atom is -0.444 e. The van der Waals surface area contributed by atoms with Crippen molar-refractivity contribution in [1.82, 2.24) is 4.90 Å². The summed E-state index contributed by atoms with van der Waals surface area (Å²) >= 11 is 4.34. The molecule has 5 heteroatoms. The van der Waals surface area contributed by atoms with Crippen molar-refractivity contribution in [2.45, 2.75) is 64.1 Å². The van der Waals surface area contributed by atoms with Crippen LogP contribution in [0.4, 0.5) is 4.79 Å². The Morgan fingerprint density at radius 1 is 1.45 bits per heavy atom. The number of amides is 1. The van der Waals surface area contributed by atoms with Crippen molar-refractivity contribution >= 4 is 18.7 Å². The number of hydrogen-bond donors (Lipinski definition) is 2. The summed E-state index contributed by atoms with van der Waals surface area (Å²) in [5, 5.41) is 0. The van der Waals surface area contributed by atoms with Gasteiger partial charge in [-0.05, 0) is 57.3 Å². The van der Waals surface area contributed by atoms with Crippen LogP contribution in [-0.4, -0.2) is 35.2 Å². The highest BCUT2D eigenvalue weighted by atomic mass is 32.1. The Morgan fingerprint density at radius 3 is 2.77 bits per heavy atom. The van der Waals surface area contributed by atoms with Gasteiger partial charge < -0.3 is 15.4 Å². The van der Waals surface area contributed by atoms with Crippen molar-refractivity contribution in [3.8, 4) is 0 Å². The third kappa shape index (κ3) is 4.53. The first kappa shape index (κ1) is 17.4. The van der Waals surface area contributed by atoms with Gasteiger partial charge in [-0.25, -0.2) is 4.79 Å². The number of ether oxygens (including phenoxy) is 1. The second kappa shape index (κ2) is 7.09. The number of likely N-dealkylation sites (tertiary alicyclic amines) is 1. The third-order valence-electron chi connectivity index (χ3n) is 4.23. The summed E-state index contributed by atoms with van der Waals surface area (Å²) in [5.74, 6) is 0.254. The maximum Gasteiger partial charge on any atom is 0.410 e. The monoisotopic (exact) mass is 324 g/mol. The lowest BCUT2D eigenvalue weighted by Gasteiger charge is -2.41. The van der Waals surface area contributed by atoms with Crippen LogP contribution in [0, 0.1) is 5.92 Å². The van der Waals surface area contributed by atoms with E-state index in [1.807, 2.05) is 31.7 Å². The molecule has 0 aromatic carbocycles. The second-order valence-electron chi connectivity index (χ2n) is 7.20. The Balaban J connectivity index is 2.06. The van der Waals surface area contributed by atoms with E-state index >= 15 is 0 Å². The van der Waals surface area contributed by atoms with Crippen LogP contribution in [0.5, 0.6) is 0 Å². The fourth-order valence-electron chi connectivity index (χ4n) is 3.10. The standard InChI is InChI=1S/C17H28N2O2S/c1-17(2,3)21-16(20)19-11-5-4-6-14(19)15(18)12-7-9-13(22)10-8-12/h7,9-10,12,14-15,22H,4-6,8,11,18H2,1-3H3. The number of carbonyl (C=O) groups is 1. The Hall–Kier alpha value is -0.940. The van der Waals surface area contributed by atoms with E-state index < -0.39 is 5.60 Å². The number of piperidine rings is 1. The normalized spacial score (nSPS) is 27.3. The quantitative estimate of drug-likeness (QED) is 0.765. The maximum absolute atomic E-state index is 12.5. The van der Waals surface area contributed by atoms with Crippen LogP contribution < -0.4 is 5.73 Å². The van der Waals surface area contributed by atoms with Gasteiger partial charge in [0.05, 0.1) is 6.04 Å². The number of allylic oxidation sites excluding steroid dienone is 2. The Kier molecular flexibility index (Phi) is 5.61. The van der Waals surface area contributed by atoms with Crippen molar-refractivity contribution in [2.24, 2.45) is 11.7 Å². The molecule has 1 heterocycles. The number of hydrogen-bond acceptors (Lipinski definition) is 4. The fourth-order valence-corrected chi connectivity index (χ4v) is 3.29. The average molecular weight is 324 g/mol. The summed E-state index contributed by atoms with van der Waals surface area (Å²) in [5.41, 5.74) is 6.03. The molecule has 2 N–H and O–H groups in total. The molecule has 22 heavy (non-hydrogen) atoms. The maximum atomic E-state index is 12.5. The molecule has 1 fully saturated rings. The lowest BCUT2D eigenvalue weighted by atomic mass is 9.84. The van der Waals surface area contributed by atoms with Crippen molar-refractivity contribution < 1.29 is 9.53 Å². The molecule has 3 atom stereocenters. The van der Waals surface area contributed by atoms with Crippen molar-refractivity contribution in [3.63, 3.8) is 0 Å². The molecule has 1 aliphatic heterocycles. The molecule has 0 saturated carbocycles. The molecule has 3 unspecified atom stereocenters. The van der Waals surface area contributed by atoms with E-state index in [4.69, 9.17) is 10.5 Å². The molecule has 1 amide bonds. The first-order chi connectivity index (χ1) is 10.3. The van der Waals surface area contributed by atoms with E-state index in [0.29, 0.717) is 0 Å². The predicted molar refractivity (Wildman–Crippen MR) is 92.9 cm³/mol. The zero-order chi connectivity index (χ0) is 16.3. The van der Waals surface area contributed by atoms with Gasteiger partial charge in [0.25, 0.3) is 0 Å². The van der Waals surface area contributed by atoms with Gasteiger partial charge in [-0.15, -0.1) is 12.6 Å². The number of nitrogens with zero attached hydrogens (tertiary/aromatic N) is 1. The van der Waals surface area contributed by atoms with Gasteiger partial charge in [0.1, 0.15) is 5.60 Å². The molecule has 1 aliphatic carbocycles. The molecule has 0 spiro atoms. The van der Waals surface area contributed by atoms with Gasteiger partial charge in [0, 0.05) is 12.6 Å². The Bertz CT molecular complexity index is 468. The Labute approximate surface area is 139 Å². The molecule has 1 saturated heterocycles. The van der Waals surface area contributed by atoms with E-state index in [1.165, 1.54) is 0 Å². The van der Waals surface area contributed by atoms with E-state index in [1.54, 1.807) is 0 Å². The van der Waals surface area contributed by atoms with Gasteiger partial charge in [-0.1, -0.05) is 18.2 Å². The first-order valence-corrected chi connectivity index (χ1v) is 8.55. The second-order valence-corrected chi connectivity index (χ2v) is 7.72. The molecular formula is C17H28N2O2S. The highest BCUT2D eigenvalue weighted by Crippen LogP contribution is 2.28. The zero-order valence-corrected chi connectivity index (χ0v) is 14.7. The SMILES string of the molecule is CC(C)(C)OC(=O)N1CCCCC1C(N)C1C=CC(S)=CC1. The predicted octanol–water partition coefficient (Wildman–Crippen LogP) is 3.49. The topological polar surface area (TPSA) is 55.6 Å².